The van der Waals surface area contributed by atoms with Gasteiger partial charge >= 0.3 is 0 Å². The first-order valence-electron chi connectivity index (χ1n) is 5.88. The lowest BCUT2D eigenvalue weighted by atomic mass is 10.1. The monoisotopic (exact) mass is 234 g/mol. The molecule has 4 nitrogen and oxygen atoms in total. The van der Waals surface area contributed by atoms with Crippen LogP contribution < -0.4 is 5.73 Å². The van der Waals surface area contributed by atoms with Gasteiger partial charge in [-0.2, -0.15) is 0 Å². The second-order valence-electron chi connectivity index (χ2n) is 4.34. The van der Waals surface area contributed by atoms with Gasteiger partial charge in [-0.3, -0.25) is 9.69 Å². The summed E-state index contributed by atoms with van der Waals surface area (Å²) in [6.07, 6.45) is 0.0340. The molecule has 17 heavy (non-hydrogen) atoms. The lowest BCUT2D eigenvalue weighted by Gasteiger charge is -2.35. The fourth-order valence-corrected chi connectivity index (χ4v) is 2.07. The van der Waals surface area contributed by atoms with Crippen LogP contribution in [0.1, 0.15) is 18.6 Å². The molecule has 4 heteroatoms. The van der Waals surface area contributed by atoms with E-state index in [1.807, 2.05) is 37.3 Å². The molecule has 0 saturated carbocycles. The summed E-state index contributed by atoms with van der Waals surface area (Å²) in [5, 5.41) is 0. The standard InChI is InChI=1S/C13H18N2O2/c1-10(13(14)16)15-7-8-17-12(9-15)11-5-3-2-4-6-11/h2-6,10,12H,7-9H2,1H3,(H2,14,16)/t10-,12-/m0/s1. The van der Waals surface area contributed by atoms with Crippen LogP contribution in [0.2, 0.25) is 0 Å². The maximum atomic E-state index is 11.2. The molecule has 1 heterocycles. The van der Waals surface area contributed by atoms with Crippen LogP contribution in [0.15, 0.2) is 30.3 Å². The smallest absolute Gasteiger partial charge is 0.234 e. The van der Waals surface area contributed by atoms with Crippen LogP contribution >= 0.6 is 0 Å². The minimum absolute atomic E-state index is 0.0340. The predicted molar refractivity (Wildman–Crippen MR) is 65.4 cm³/mol. The number of ether oxygens (including phenoxy) is 1. The largest absolute Gasteiger partial charge is 0.371 e. The van der Waals surface area contributed by atoms with Crippen molar-refractivity contribution in [3.63, 3.8) is 0 Å². The molecule has 1 aliphatic heterocycles. The number of rotatable bonds is 3. The molecule has 1 saturated heterocycles. The molecule has 1 amide bonds. The molecule has 2 atom stereocenters. The first kappa shape index (κ1) is 12.1. The highest BCUT2D eigenvalue weighted by atomic mass is 16.5. The SMILES string of the molecule is C[C@@H](C(N)=O)N1CCO[C@H](c2ccccc2)C1. The Labute approximate surface area is 101 Å². The topological polar surface area (TPSA) is 55.6 Å². The van der Waals surface area contributed by atoms with E-state index in [2.05, 4.69) is 4.90 Å². The van der Waals surface area contributed by atoms with E-state index in [4.69, 9.17) is 10.5 Å². The highest BCUT2D eigenvalue weighted by molar-refractivity contribution is 5.79. The Morgan fingerprint density at radius 3 is 2.82 bits per heavy atom. The van der Waals surface area contributed by atoms with Crippen molar-refractivity contribution in [2.75, 3.05) is 19.7 Å². The molecule has 1 aliphatic rings. The Kier molecular flexibility index (Phi) is 3.76. The molecule has 92 valence electrons. The molecule has 0 aliphatic carbocycles. The molecular formula is C13H18N2O2. The zero-order chi connectivity index (χ0) is 12.3. The van der Waals surface area contributed by atoms with Gasteiger partial charge in [0.15, 0.2) is 0 Å². The van der Waals surface area contributed by atoms with E-state index in [0.29, 0.717) is 13.2 Å². The average Bonchev–Trinajstić information content (AvgIpc) is 2.39. The first-order valence-corrected chi connectivity index (χ1v) is 5.88. The lowest BCUT2D eigenvalue weighted by Crippen LogP contribution is -2.48. The van der Waals surface area contributed by atoms with Crippen molar-refractivity contribution >= 4 is 5.91 Å². The van der Waals surface area contributed by atoms with Gasteiger partial charge < -0.3 is 10.5 Å². The van der Waals surface area contributed by atoms with Crippen LogP contribution in [0.5, 0.6) is 0 Å². The van der Waals surface area contributed by atoms with Crippen LogP contribution in [0.4, 0.5) is 0 Å². The summed E-state index contributed by atoms with van der Waals surface area (Å²) in [5.74, 6) is -0.279. The van der Waals surface area contributed by atoms with Gasteiger partial charge in [0.05, 0.1) is 18.8 Å². The number of benzene rings is 1. The van der Waals surface area contributed by atoms with Crippen molar-refractivity contribution < 1.29 is 9.53 Å². The summed E-state index contributed by atoms with van der Waals surface area (Å²) < 4.78 is 5.73. The summed E-state index contributed by atoms with van der Waals surface area (Å²) in [5.41, 5.74) is 6.48. The Morgan fingerprint density at radius 1 is 1.47 bits per heavy atom. The van der Waals surface area contributed by atoms with Crippen molar-refractivity contribution in [2.24, 2.45) is 5.73 Å². The van der Waals surface area contributed by atoms with Crippen LogP contribution in [-0.4, -0.2) is 36.5 Å². The third-order valence-electron chi connectivity index (χ3n) is 3.23. The quantitative estimate of drug-likeness (QED) is 0.846. The normalized spacial score (nSPS) is 23.2. The Balaban J connectivity index is 2.05. The summed E-state index contributed by atoms with van der Waals surface area (Å²) in [6.45, 7) is 3.95. The zero-order valence-electron chi connectivity index (χ0n) is 10.0. The van der Waals surface area contributed by atoms with E-state index in [9.17, 15) is 4.79 Å². The fraction of sp³-hybridized carbons (Fsp3) is 0.462. The van der Waals surface area contributed by atoms with Gasteiger partial charge in [-0.05, 0) is 12.5 Å². The molecule has 1 fully saturated rings. The fourth-order valence-electron chi connectivity index (χ4n) is 2.07. The number of morpholine rings is 1. The molecule has 0 spiro atoms. The van der Waals surface area contributed by atoms with E-state index in [-0.39, 0.29) is 18.1 Å². The summed E-state index contributed by atoms with van der Waals surface area (Å²) in [6, 6.07) is 9.83. The average molecular weight is 234 g/mol. The predicted octanol–water partition coefficient (Wildman–Crippen LogP) is 0.934. The van der Waals surface area contributed by atoms with Crippen molar-refractivity contribution in [3.05, 3.63) is 35.9 Å². The summed E-state index contributed by atoms with van der Waals surface area (Å²) >= 11 is 0. The molecular weight excluding hydrogens is 216 g/mol. The van der Waals surface area contributed by atoms with Crippen molar-refractivity contribution in [1.82, 2.24) is 4.90 Å². The maximum absolute atomic E-state index is 11.2. The van der Waals surface area contributed by atoms with Crippen molar-refractivity contribution in [1.29, 1.82) is 0 Å². The first-order chi connectivity index (χ1) is 8.18. The number of amides is 1. The van der Waals surface area contributed by atoms with E-state index in [1.54, 1.807) is 0 Å². The zero-order valence-corrected chi connectivity index (χ0v) is 10.0. The van der Waals surface area contributed by atoms with Crippen LogP contribution in [0, 0.1) is 0 Å². The van der Waals surface area contributed by atoms with Gasteiger partial charge in [-0.25, -0.2) is 0 Å². The molecule has 2 N–H and O–H groups in total. The summed E-state index contributed by atoms with van der Waals surface area (Å²) in [4.78, 5) is 13.3. The molecule has 1 aromatic carbocycles. The third-order valence-corrected chi connectivity index (χ3v) is 3.23. The molecule has 0 unspecified atom stereocenters. The lowest BCUT2D eigenvalue weighted by molar-refractivity contribution is -0.126. The van der Waals surface area contributed by atoms with Gasteiger partial charge in [0, 0.05) is 13.1 Å². The van der Waals surface area contributed by atoms with E-state index >= 15 is 0 Å². The number of carbonyl (C=O) groups excluding carboxylic acids is 1. The number of carbonyl (C=O) groups is 1. The highest BCUT2D eigenvalue weighted by Crippen LogP contribution is 2.22. The van der Waals surface area contributed by atoms with Gasteiger partial charge in [0.2, 0.25) is 5.91 Å². The highest BCUT2D eigenvalue weighted by Gasteiger charge is 2.27. The second-order valence-corrected chi connectivity index (χ2v) is 4.34. The molecule has 0 radical (unpaired) electrons. The summed E-state index contributed by atoms with van der Waals surface area (Å²) in [7, 11) is 0. The number of primary amides is 1. The second kappa shape index (κ2) is 5.29. The van der Waals surface area contributed by atoms with E-state index in [0.717, 1.165) is 12.1 Å². The molecule has 1 aromatic rings. The number of hydrogen-bond donors (Lipinski definition) is 1. The van der Waals surface area contributed by atoms with Gasteiger partial charge in [-0.15, -0.1) is 0 Å². The third kappa shape index (κ3) is 2.84. The van der Waals surface area contributed by atoms with Crippen LogP contribution in [0.25, 0.3) is 0 Å². The minimum atomic E-state index is -0.279. The van der Waals surface area contributed by atoms with Gasteiger partial charge in [0.25, 0.3) is 0 Å². The Hall–Kier alpha value is -1.39. The molecule has 0 bridgehead atoms. The van der Waals surface area contributed by atoms with E-state index < -0.39 is 0 Å². The molecule has 2 rings (SSSR count). The number of nitrogens with zero attached hydrogens (tertiary/aromatic N) is 1. The Bertz CT molecular complexity index is 380. The Morgan fingerprint density at radius 2 is 2.18 bits per heavy atom. The maximum Gasteiger partial charge on any atom is 0.234 e. The van der Waals surface area contributed by atoms with Crippen LogP contribution in [0.3, 0.4) is 0 Å². The van der Waals surface area contributed by atoms with Crippen molar-refractivity contribution in [2.45, 2.75) is 19.1 Å². The number of nitrogens with two attached hydrogens (primary N) is 1. The molecule has 0 aromatic heterocycles. The van der Waals surface area contributed by atoms with Crippen molar-refractivity contribution in [3.8, 4) is 0 Å². The van der Waals surface area contributed by atoms with Crippen LogP contribution in [-0.2, 0) is 9.53 Å². The van der Waals surface area contributed by atoms with Gasteiger partial charge in [-0.1, -0.05) is 30.3 Å². The number of hydrogen-bond acceptors (Lipinski definition) is 3. The van der Waals surface area contributed by atoms with Gasteiger partial charge in [0.1, 0.15) is 0 Å². The minimum Gasteiger partial charge on any atom is -0.371 e. The van der Waals surface area contributed by atoms with E-state index in [1.165, 1.54) is 0 Å².